The highest BCUT2D eigenvalue weighted by atomic mass is 16.3. The Bertz CT molecular complexity index is 120. The van der Waals surface area contributed by atoms with Crippen molar-refractivity contribution in [1.29, 1.82) is 0 Å². The van der Waals surface area contributed by atoms with Gasteiger partial charge in [-0.1, -0.05) is 0 Å². The number of nitrogens with one attached hydrogen (secondary N) is 1. The van der Waals surface area contributed by atoms with Gasteiger partial charge in [-0.3, -0.25) is 0 Å². The molecule has 3 N–H and O–H groups in total. The van der Waals surface area contributed by atoms with E-state index in [0.29, 0.717) is 0 Å². The number of aliphatic hydroxyl groups excluding tert-OH is 2. The fourth-order valence-corrected chi connectivity index (χ4v) is 0.324. The van der Waals surface area contributed by atoms with Gasteiger partial charge in [0.1, 0.15) is 0 Å². The highest BCUT2D eigenvalue weighted by molar-refractivity contribution is 4.92. The van der Waals surface area contributed by atoms with Gasteiger partial charge in [-0.25, -0.2) is 0 Å². The van der Waals surface area contributed by atoms with Gasteiger partial charge in [0.25, 0.3) is 0 Å². The van der Waals surface area contributed by atoms with E-state index in [1.165, 1.54) is 11.9 Å². The van der Waals surface area contributed by atoms with E-state index in [4.69, 9.17) is 10.2 Å². The maximum absolute atomic E-state index is 8.89. The van der Waals surface area contributed by atoms with Gasteiger partial charge in [-0.05, 0) is 0 Å². The molecule has 0 aliphatic heterocycles. The van der Waals surface area contributed by atoms with Gasteiger partial charge in [0.15, 0.2) is 0 Å². The highest BCUT2D eigenvalue weighted by Gasteiger charge is 2.01. The Morgan fingerprint density at radius 1 is 1.33 bits per heavy atom. The maximum Gasteiger partial charge on any atom is 0.248 e. The Kier molecular flexibility index (Phi) is 2.70. The molecule has 9 heavy (non-hydrogen) atoms. The topological polar surface area (TPSA) is 55.7 Å². The van der Waals surface area contributed by atoms with Crippen LogP contribution in [-0.2, 0) is 0 Å². The van der Waals surface area contributed by atoms with Crippen molar-refractivity contribution in [2.75, 3.05) is 21.1 Å². The zero-order chi connectivity index (χ0) is 7.44. The second-order valence-corrected chi connectivity index (χ2v) is 1.82. The van der Waals surface area contributed by atoms with Gasteiger partial charge in [-0.2, -0.15) is 0 Å². The molecule has 0 amide bonds. The predicted octanol–water partition coefficient (Wildman–Crippen LogP) is 0.0100. The first kappa shape index (κ1) is 7.94. The van der Waals surface area contributed by atoms with Crippen LogP contribution in [0.5, 0.6) is 0 Å². The molecule has 0 bridgehead atoms. The molecule has 0 rings (SSSR count). The second-order valence-electron chi connectivity index (χ2n) is 1.82. The van der Waals surface area contributed by atoms with E-state index >= 15 is 0 Å². The molecule has 0 saturated heterocycles. The molecule has 0 heterocycles. The van der Waals surface area contributed by atoms with Gasteiger partial charge in [0.05, 0.1) is 0 Å². The Hall–Kier alpha value is -1.06. The van der Waals surface area contributed by atoms with Crippen molar-refractivity contribution in [2.24, 2.45) is 0 Å². The summed E-state index contributed by atoms with van der Waals surface area (Å²) >= 11 is 0. The fourth-order valence-electron chi connectivity index (χ4n) is 0.324. The van der Waals surface area contributed by atoms with Crippen LogP contribution < -0.4 is 5.32 Å². The van der Waals surface area contributed by atoms with Crippen molar-refractivity contribution in [3.8, 4) is 0 Å². The molecule has 0 atom stereocenters. The van der Waals surface area contributed by atoms with E-state index in [1.807, 2.05) is 0 Å². The van der Waals surface area contributed by atoms with Crippen LogP contribution in [-0.4, -0.2) is 36.3 Å². The van der Waals surface area contributed by atoms with Gasteiger partial charge >= 0.3 is 0 Å². The molecule has 4 heteroatoms. The quantitative estimate of drug-likeness (QED) is 0.463. The SMILES string of the molecule is CN/C(O)=C(\O)N(C)C. The highest BCUT2D eigenvalue weighted by Crippen LogP contribution is 1.94. The third-order valence-corrected chi connectivity index (χ3v) is 0.872. The first-order valence-corrected chi connectivity index (χ1v) is 2.57. The van der Waals surface area contributed by atoms with Crippen LogP contribution in [0.25, 0.3) is 0 Å². The minimum Gasteiger partial charge on any atom is -0.491 e. The largest absolute Gasteiger partial charge is 0.491 e. The van der Waals surface area contributed by atoms with Crippen LogP contribution in [0.4, 0.5) is 0 Å². The lowest BCUT2D eigenvalue weighted by molar-refractivity contribution is 0.211. The van der Waals surface area contributed by atoms with Crippen LogP contribution in [0.2, 0.25) is 0 Å². The Balaban J connectivity index is 4.10. The average molecular weight is 132 g/mol. The number of hydrogen-bond acceptors (Lipinski definition) is 4. The lowest BCUT2D eigenvalue weighted by Crippen LogP contribution is -2.18. The van der Waals surface area contributed by atoms with Crippen LogP contribution in [0.15, 0.2) is 11.8 Å². The summed E-state index contributed by atoms with van der Waals surface area (Å²) in [6.07, 6.45) is 0. The molecule has 0 saturated carbocycles. The molecule has 0 aliphatic carbocycles. The molecular weight excluding hydrogens is 120 g/mol. The second kappa shape index (κ2) is 3.06. The molecule has 4 nitrogen and oxygen atoms in total. The smallest absolute Gasteiger partial charge is 0.248 e. The molecule has 0 aliphatic rings. The van der Waals surface area contributed by atoms with Crippen molar-refractivity contribution in [1.82, 2.24) is 10.2 Å². The zero-order valence-electron chi connectivity index (χ0n) is 5.84. The number of rotatable bonds is 2. The summed E-state index contributed by atoms with van der Waals surface area (Å²) in [4.78, 5) is 1.39. The van der Waals surface area contributed by atoms with Crippen LogP contribution in [0.3, 0.4) is 0 Å². The maximum atomic E-state index is 8.89. The summed E-state index contributed by atoms with van der Waals surface area (Å²) in [5.74, 6) is -0.391. The Morgan fingerprint density at radius 2 is 1.78 bits per heavy atom. The summed E-state index contributed by atoms with van der Waals surface area (Å²) < 4.78 is 0. The van der Waals surface area contributed by atoms with Crippen molar-refractivity contribution < 1.29 is 10.2 Å². The van der Waals surface area contributed by atoms with Gasteiger partial charge in [0, 0.05) is 21.1 Å². The molecular formula is C5H12N2O2. The van der Waals surface area contributed by atoms with Crippen LogP contribution in [0.1, 0.15) is 0 Å². The number of aliphatic hydroxyl groups is 2. The molecule has 0 unspecified atom stereocenters. The van der Waals surface area contributed by atoms with E-state index in [-0.39, 0.29) is 11.8 Å². The van der Waals surface area contributed by atoms with E-state index in [9.17, 15) is 0 Å². The first-order valence-electron chi connectivity index (χ1n) is 2.57. The number of hydrogen-bond donors (Lipinski definition) is 3. The molecule has 54 valence electrons. The molecule has 0 aromatic rings. The van der Waals surface area contributed by atoms with Crippen molar-refractivity contribution in [3.63, 3.8) is 0 Å². The van der Waals surface area contributed by atoms with Gasteiger partial charge in [0.2, 0.25) is 11.8 Å². The Labute approximate surface area is 54.4 Å². The fraction of sp³-hybridized carbons (Fsp3) is 0.600. The third kappa shape index (κ3) is 2.12. The lowest BCUT2D eigenvalue weighted by atomic mass is 10.7. The predicted molar refractivity (Wildman–Crippen MR) is 35.0 cm³/mol. The molecule has 0 fully saturated rings. The summed E-state index contributed by atoms with van der Waals surface area (Å²) in [5.41, 5.74) is 0. The van der Waals surface area contributed by atoms with Crippen LogP contribution >= 0.6 is 0 Å². The average Bonchev–Trinajstić information content (AvgIpc) is 1.84. The van der Waals surface area contributed by atoms with Gasteiger partial charge < -0.3 is 20.4 Å². The minimum absolute atomic E-state index is 0.169. The van der Waals surface area contributed by atoms with Crippen LogP contribution in [0, 0.1) is 0 Å². The van der Waals surface area contributed by atoms with E-state index in [2.05, 4.69) is 5.32 Å². The normalized spacial score (nSPS) is 12.3. The van der Waals surface area contributed by atoms with Crippen molar-refractivity contribution in [3.05, 3.63) is 11.8 Å². The first-order chi connectivity index (χ1) is 4.09. The molecule has 0 spiro atoms. The number of nitrogens with zero attached hydrogens (tertiary/aromatic N) is 1. The molecule has 0 aromatic heterocycles. The lowest BCUT2D eigenvalue weighted by Gasteiger charge is -2.11. The van der Waals surface area contributed by atoms with Crippen molar-refractivity contribution >= 4 is 0 Å². The summed E-state index contributed by atoms with van der Waals surface area (Å²) in [6, 6.07) is 0. The minimum atomic E-state index is -0.222. The van der Waals surface area contributed by atoms with E-state index in [0.717, 1.165) is 0 Å². The summed E-state index contributed by atoms with van der Waals surface area (Å²) in [5, 5.41) is 20.1. The standard InChI is InChI=1S/C5H12N2O2/c1-6-4(8)5(9)7(2)3/h6,8-9H,1-3H3/b5-4+. The van der Waals surface area contributed by atoms with E-state index in [1.54, 1.807) is 14.1 Å². The van der Waals surface area contributed by atoms with E-state index < -0.39 is 0 Å². The summed E-state index contributed by atoms with van der Waals surface area (Å²) in [7, 11) is 4.78. The third-order valence-electron chi connectivity index (χ3n) is 0.872. The Morgan fingerprint density at radius 3 is 1.89 bits per heavy atom. The zero-order valence-corrected chi connectivity index (χ0v) is 5.84. The monoisotopic (exact) mass is 132 g/mol. The molecule has 0 radical (unpaired) electrons. The van der Waals surface area contributed by atoms with Crippen molar-refractivity contribution in [2.45, 2.75) is 0 Å². The summed E-state index contributed by atoms with van der Waals surface area (Å²) in [6.45, 7) is 0. The van der Waals surface area contributed by atoms with Gasteiger partial charge in [-0.15, -0.1) is 0 Å². The molecule has 0 aromatic carbocycles.